The lowest BCUT2D eigenvalue weighted by atomic mass is 9.89. The number of amides is 2. The first-order chi connectivity index (χ1) is 13.9. The van der Waals surface area contributed by atoms with Crippen molar-refractivity contribution in [3.05, 3.63) is 96.3 Å². The number of carbonyl (C=O) groups is 2. The molecule has 4 nitrogen and oxygen atoms in total. The van der Waals surface area contributed by atoms with Crippen LogP contribution in [0.4, 0.5) is 15.8 Å². The summed E-state index contributed by atoms with van der Waals surface area (Å²) < 4.78 is 13.4. The number of benzene rings is 3. The molecule has 0 heterocycles. The Bertz CT molecular complexity index is 988. The molecular formula is C24H23FN2O2. The zero-order valence-electron chi connectivity index (χ0n) is 16.4. The maximum absolute atomic E-state index is 13.5. The third-order valence-corrected chi connectivity index (χ3v) is 4.68. The number of nitrogens with one attached hydrogen (secondary N) is 1. The second-order valence-corrected chi connectivity index (χ2v) is 7.30. The van der Waals surface area contributed by atoms with Gasteiger partial charge >= 0.3 is 0 Å². The van der Waals surface area contributed by atoms with Gasteiger partial charge in [-0.1, -0.05) is 54.6 Å². The van der Waals surface area contributed by atoms with E-state index in [1.807, 2.05) is 60.7 Å². The van der Waals surface area contributed by atoms with E-state index in [0.29, 0.717) is 17.9 Å². The quantitative estimate of drug-likeness (QED) is 0.601. The van der Waals surface area contributed by atoms with Crippen molar-refractivity contribution < 1.29 is 14.0 Å². The van der Waals surface area contributed by atoms with Crippen molar-refractivity contribution in [2.24, 2.45) is 5.41 Å². The fourth-order valence-corrected chi connectivity index (χ4v) is 2.94. The zero-order valence-corrected chi connectivity index (χ0v) is 16.4. The van der Waals surface area contributed by atoms with Crippen LogP contribution in [-0.2, 0) is 16.1 Å². The molecule has 0 saturated heterocycles. The lowest BCUT2D eigenvalue weighted by Gasteiger charge is -2.31. The molecule has 0 aromatic heterocycles. The lowest BCUT2D eigenvalue weighted by molar-refractivity contribution is -0.136. The molecule has 0 atom stereocenters. The fraction of sp³-hybridized carbons (Fsp3) is 0.167. The second-order valence-electron chi connectivity index (χ2n) is 7.30. The van der Waals surface area contributed by atoms with Gasteiger partial charge in [0.25, 0.3) is 0 Å². The molecule has 29 heavy (non-hydrogen) atoms. The molecule has 0 radical (unpaired) electrons. The van der Waals surface area contributed by atoms with E-state index < -0.39 is 17.1 Å². The van der Waals surface area contributed by atoms with E-state index in [4.69, 9.17) is 0 Å². The third-order valence-electron chi connectivity index (χ3n) is 4.68. The van der Waals surface area contributed by atoms with Crippen LogP contribution in [0.2, 0.25) is 0 Å². The first-order valence-corrected chi connectivity index (χ1v) is 9.36. The Labute approximate surface area is 170 Å². The minimum atomic E-state index is -1.36. The van der Waals surface area contributed by atoms with Crippen LogP contribution in [0, 0.1) is 11.2 Å². The Kier molecular flexibility index (Phi) is 6.07. The summed E-state index contributed by atoms with van der Waals surface area (Å²) >= 11 is 0. The molecule has 0 aliphatic carbocycles. The molecule has 5 heteroatoms. The Hall–Kier alpha value is -3.47. The highest BCUT2D eigenvalue weighted by molar-refractivity contribution is 6.14. The van der Waals surface area contributed by atoms with Gasteiger partial charge in [0.2, 0.25) is 11.8 Å². The van der Waals surface area contributed by atoms with Gasteiger partial charge in [0.05, 0.1) is 6.54 Å². The molecule has 0 unspecified atom stereocenters. The standard InChI is InChI=1S/C24H23FN2O2/c1-24(2,22(28)26-20-13-9-12-19(25)16-20)23(29)27(21-14-7-4-8-15-21)17-18-10-5-3-6-11-18/h3-16H,17H2,1-2H3,(H,26,28). The Morgan fingerprint density at radius 3 is 2.14 bits per heavy atom. The summed E-state index contributed by atoms with van der Waals surface area (Å²) in [5.74, 6) is -1.30. The average molecular weight is 390 g/mol. The number of para-hydroxylation sites is 1. The summed E-state index contributed by atoms with van der Waals surface area (Å²) in [4.78, 5) is 28.0. The van der Waals surface area contributed by atoms with Crippen molar-refractivity contribution >= 4 is 23.2 Å². The van der Waals surface area contributed by atoms with Crippen molar-refractivity contribution in [1.29, 1.82) is 0 Å². The molecule has 1 N–H and O–H groups in total. The maximum Gasteiger partial charge on any atom is 0.242 e. The van der Waals surface area contributed by atoms with Gasteiger partial charge in [0.15, 0.2) is 0 Å². The molecule has 3 rings (SSSR count). The molecule has 0 aliphatic rings. The number of halogens is 1. The molecule has 0 spiro atoms. The van der Waals surface area contributed by atoms with Crippen LogP contribution >= 0.6 is 0 Å². The molecule has 0 fully saturated rings. The SMILES string of the molecule is CC(C)(C(=O)Nc1cccc(F)c1)C(=O)N(Cc1ccccc1)c1ccccc1. The molecule has 0 saturated carbocycles. The Morgan fingerprint density at radius 2 is 1.52 bits per heavy atom. The highest BCUT2D eigenvalue weighted by Gasteiger charge is 2.40. The first kappa shape index (κ1) is 20.3. The molecule has 2 amide bonds. The summed E-state index contributed by atoms with van der Waals surface area (Å²) in [6.07, 6.45) is 0. The van der Waals surface area contributed by atoms with Crippen LogP contribution in [0.5, 0.6) is 0 Å². The van der Waals surface area contributed by atoms with Crippen LogP contribution in [0.25, 0.3) is 0 Å². The van der Waals surface area contributed by atoms with Gasteiger partial charge in [-0.15, -0.1) is 0 Å². The van der Waals surface area contributed by atoms with Gasteiger partial charge in [0, 0.05) is 11.4 Å². The van der Waals surface area contributed by atoms with Crippen LogP contribution in [0.15, 0.2) is 84.9 Å². The fourth-order valence-electron chi connectivity index (χ4n) is 2.94. The normalized spacial score (nSPS) is 11.0. The Balaban J connectivity index is 1.87. The number of rotatable bonds is 6. The zero-order chi connectivity index (χ0) is 20.9. The average Bonchev–Trinajstić information content (AvgIpc) is 2.73. The summed E-state index contributed by atoms with van der Waals surface area (Å²) in [6.45, 7) is 3.48. The predicted molar refractivity (Wildman–Crippen MR) is 113 cm³/mol. The van der Waals surface area contributed by atoms with Crippen LogP contribution in [-0.4, -0.2) is 11.8 Å². The number of carbonyl (C=O) groups excluding carboxylic acids is 2. The molecule has 0 aliphatic heterocycles. The number of anilines is 2. The van der Waals surface area contributed by atoms with Crippen molar-refractivity contribution in [3.8, 4) is 0 Å². The van der Waals surface area contributed by atoms with Gasteiger partial charge in [0.1, 0.15) is 11.2 Å². The van der Waals surface area contributed by atoms with Crippen LogP contribution < -0.4 is 10.2 Å². The summed E-state index contributed by atoms with van der Waals surface area (Å²) in [5.41, 5.74) is 0.598. The molecule has 3 aromatic carbocycles. The van der Waals surface area contributed by atoms with Crippen molar-refractivity contribution in [2.75, 3.05) is 10.2 Å². The minimum absolute atomic E-state index is 0.310. The van der Waals surface area contributed by atoms with E-state index >= 15 is 0 Å². The van der Waals surface area contributed by atoms with E-state index in [1.165, 1.54) is 18.2 Å². The minimum Gasteiger partial charge on any atom is -0.325 e. The van der Waals surface area contributed by atoms with Crippen LogP contribution in [0.3, 0.4) is 0 Å². The molecule has 0 bridgehead atoms. The largest absolute Gasteiger partial charge is 0.325 e. The van der Waals surface area contributed by atoms with Crippen LogP contribution in [0.1, 0.15) is 19.4 Å². The molecule has 148 valence electrons. The van der Waals surface area contributed by atoms with Crippen molar-refractivity contribution in [1.82, 2.24) is 0 Å². The van der Waals surface area contributed by atoms with Gasteiger partial charge in [-0.05, 0) is 49.7 Å². The highest BCUT2D eigenvalue weighted by atomic mass is 19.1. The summed E-state index contributed by atoms with van der Waals surface area (Å²) in [6, 6.07) is 24.4. The number of hydrogen-bond acceptors (Lipinski definition) is 2. The second kappa shape index (κ2) is 8.69. The van der Waals surface area contributed by atoms with Gasteiger partial charge in [-0.2, -0.15) is 0 Å². The first-order valence-electron chi connectivity index (χ1n) is 9.36. The smallest absolute Gasteiger partial charge is 0.242 e. The molecule has 3 aromatic rings. The van der Waals surface area contributed by atoms with E-state index in [9.17, 15) is 14.0 Å². The topological polar surface area (TPSA) is 49.4 Å². The predicted octanol–water partition coefficient (Wildman–Crippen LogP) is 5.02. The molecular weight excluding hydrogens is 367 g/mol. The summed E-state index contributed by atoms with van der Waals surface area (Å²) in [7, 11) is 0. The van der Waals surface area contributed by atoms with Crippen molar-refractivity contribution in [2.45, 2.75) is 20.4 Å². The lowest BCUT2D eigenvalue weighted by Crippen LogP contribution is -2.47. The van der Waals surface area contributed by atoms with Gasteiger partial charge in [-0.25, -0.2) is 4.39 Å². The Morgan fingerprint density at radius 1 is 0.897 bits per heavy atom. The van der Waals surface area contributed by atoms with E-state index in [0.717, 1.165) is 5.56 Å². The number of nitrogens with zero attached hydrogens (tertiary/aromatic N) is 1. The van der Waals surface area contributed by atoms with Gasteiger partial charge < -0.3 is 10.2 Å². The number of hydrogen-bond donors (Lipinski definition) is 1. The van der Waals surface area contributed by atoms with E-state index in [2.05, 4.69) is 5.32 Å². The van der Waals surface area contributed by atoms with E-state index in [1.54, 1.807) is 24.8 Å². The highest BCUT2D eigenvalue weighted by Crippen LogP contribution is 2.27. The summed E-state index contributed by atoms with van der Waals surface area (Å²) in [5, 5.41) is 2.65. The third kappa shape index (κ3) is 4.88. The van der Waals surface area contributed by atoms with E-state index in [-0.39, 0.29) is 5.91 Å². The monoisotopic (exact) mass is 390 g/mol. The maximum atomic E-state index is 13.5. The van der Waals surface area contributed by atoms with Crippen molar-refractivity contribution in [3.63, 3.8) is 0 Å². The van der Waals surface area contributed by atoms with Gasteiger partial charge in [-0.3, -0.25) is 9.59 Å².